The molecule has 0 amide bonds. The fourth-order valence-corrected chi connectivity index (χ4v) is 3.79. The van der Waals surface area contributed by atoms with E-state index in [0.717, 1.165) is 28.5 Å². The van der Waals surface area contributed by atoms with E-state index in [1.807, 2.05) is 36.4 Å². The zero-order valence-corrected chi connectivity index (χ0v) is 18.2. The number of hydrogen-bond donors (Lipinski definition) is 0. The number of benzene rings is 4. The van der Waals surface area contributed by atoms with Crippen LogP contribution in [-0.4, -0.2) is 0 Å². The molecular weight excluding hydrogens is 379 g/mol. The number of aryl methyl sites for hydroxylation is 2. The van der Waals surface area contributed by atoms with E-state index in [1.165, 1.54) is 30.4 Å². The summed E-state index contributed by atoms with van der Waals surface area (Å²) in [5.74, 6) is 5.88. The third-order valence-corrected chi connectivity index (χ3v) is 5.70. The Morgan fingerprint density at radius 2 is 1.48 bits per heavy atom. The molecule has 1 heteroatoms. The van der Waals surface area contributed by atoms with Gasteiger partial charge >= 0.3 is 0 Å². The van der Waals surface area contributed by atoms with Crippen LogP contribution in [0.1, 0.15) is 48.4 Å². The molecule has 0 bridgehead atoms. The highest BCUT2D eigenvalue weighted by Crippen LogP contribution is 2.27. The van der Waals surface area contributed by atoms with E-state index in [4.69, 9.17) is 0 Å². The highest BCUT2D eigenvalue weighted by molar-refractivity contribution is 5.89. The molecule has 0 nitrogen and oxygen atoms in total. The quantitative estimate of drug-likeness (QED) is 0.232. The molecule has 0 saturated heterocycles. The van der Waals surface area contributed by atoms with Crippen molar-refractivity contribution >= 4 is 10.8 Å². The van der Waals surface area contributed by atoms with Crippen LogP contribution in [0, 0.1) is 24.6 Å². The molecule has 0 saturated carbocycles. The summed E-state index contributed by atoms with van der Waals surface area (Å²) >= 11 is 0. The smallest absolute Gasteiger partial charge is 0.146 e. The summed E-state index contributed by atoms with van der Waals surface area (Å²) in [4.78, 5) is 0. The van der Waals surface area contributed by atoms with Crippen LogP contribution in [0.4, 0.5) is 4.39 Å². The van der Waals surface area contributed by atoms with Crippen molar-refractivity contribution in [3.05, 3.63) is 107 Å². The molecule has 0 N–H and O–H groups in total. The van der Waals surface area contributed by atoms with Crippen molar-refractivity contribution in [3.8, 4) is 23.0 Å². The highest BCUT2D eigenvalue weighted by atomic mass is 19.1. The SMILES string of the molecule is CCCCCc1ccc(C#Cc2ccc3cc(-c4ccc(C)cc4)ccc3c2F)cc1. The Morgan fingerprint density at radius 3 is 2.23 bits per heavy atom. The molecule has 0 radical (unpaired) electrons. The molecule has 0 aliphatic heterocycles. The Bertz CT molecular complexity index is 1240. The maximum Gasteiger partial charge on any atom is 0.146 e. The van der Waals surface area contributed by atoms with Gasteiger partial charge in [0.05, 0.1) is 5.56 Å². The minimum atomic E-state index is -0.253. The molecule has 4 aromatic rings. The van der Waals surface area contributed by atoms with Crippen LogP contribution >= 0.6 is 0 Å². The molecule has 31 heavy (non-hydrogen) atoms. The summed E-state index contributed by atoms with van der Waals surface area (Å²) in [6, 6.07) is 26.3. The first-order chi connectivity index (χ1) is 15.1. The topological polar surface area (TPSA) is 0 Å². The van der Waals surface area contributed by atoms with Gasteiger partial charge in [-0.2, -0.15) is 0 Å². The standard InChI is InChI=1S/C30H27F/c1-3-4-5-6-23-9-11-24(12-10-23)13-16-26-17-18-28-21-27(19-20-29(28)30(26)31)25-14-7-22(2)8-15-25/h7-12,14-15,17-21H,3-6H2,1-2H3. The summed E-state index contributed by atoms with van der Waals surface area (Å²) in [6.45, 7) is 4.29. The maximum absolute atomic E-state index is 15.1. The number of unbranched alkanes of at least 4 members (excludes halogenated alkanes) is 2. The van der Waals surface area contributed by atoms with Crippen molar-refractivity contribution in [2.45, 2.75) is 39.5 Å². The van der Waals surface area contributed by atoms with E-state index in [1.54, 1.807) is 6.07 Å². The number of halogens is 1. The van der Waals surface area contributed by atoms with Crippen molar-refractivity contribution in [2.75, 3.05) is 0 Å². The van der Waals surface area contributed by atoms with Gasteiger partial charge in [0.25, 0.3) is 0 Å². The average Bonchev–Trinajstić information content (AvgIpc) is 2.80. The Balaban J connectivity index is 1.56. The van der Waals surface area contributed by atoms with Gasteiger partial charge < -0.3 is 0 Å². The highest BCUT2D eigenvalue weighted by Gasteiger charge is 2.07. The van der Waals surface area contributed by atoms with Crippen molar-refractivity contribution in [2.24, 2.45) is 0 Å². The minimum Gasteiger partial charge on any atom is -0.205 e. The van der Waals surface area contributed by atoms with Gasteiger partial charge in [0.2, 0.25) is 0 Å². The second kappa shape index (κ2) is 9.63. The Morgan fingerprint density at radius 1 is 0.742 bits per heavy atom. The Kier molecular flexibility index (Phi) is 6.48. The normalized spacial score (nSPS) is 10.7. The van der Waals surface area contributed by atoms with Crippen LogP contribution in [-0.2, 0) is 6.42 Å². The fourth-order valence-electron chi connectivity index (χ4n) is 3.79. The first kappa shape index (κ1) is 20.9. The van der Waals surface area contributed by atoms with Crippen LogP contribution in [0.5, 0.6) is 0 Å². The molecule has 0 aliphatic carbocycles. The second-order valence-corrected chi connectivity index (χ2v) is 8.13. The molecule has 0 fully saturated rings. The predicted molar refractivity (Wildman–Crippen MR) is 130 cm³/mol. The molecular formula is C30H27F. The van der Waals surface area contributed by atoms with Crippen LogP contribution in [0.15, 0.2) is 78.9 Å². The lowest BCUT2D eigenvalue weighted by atomic mass is 9.99. The molecule has 154 valence electrons. The zero-order valence-electron chi connectivity index (χ0n) is 18.2. The molecule has 0 spiro atoms. The van der Waals surface area contributed by atoms with Gasteiger partial charge in [-0.15, -0.1) is 0 Å². The van der Waals surface area contributed by atoms with Gasteiger partial charge in [-0.3, -0.25) is 0 Å². The van der Waals surface area contributed by atoms with Crippen molar-refractivity contribution in [3.63, 3.8) is 0 Å². The molecule has 0 unspecified atom stereocenters. The summed E-state index contributed by atoms with van der Waals surface area (Å²) in [5, 5.41) is 1.49. The van der Waals surface area contributed by atoms with E-state index in [-0.39, 0.29) is 5.82 Å². The third-order valence-electron chi connectivity index (χ3n) is 5.70. The van der Waals surface area contributed by atoms with Crippen LogP contribution in [0.3, 0.4) is 0 Å². The molecule has 0 aromatic heterocycles. The molecule has 0 aliphatic rings. The molecule has 4 aromatic carbocycles. The van der Waals surface area contributed by atoms with E-state index >= 15 is 4.39 Å². The number of fused-ring (bicyclic) bond motifs is 1. The zero-order chi connectivity index (χ0) is 21.6. The Hall–Kier alpha value is -3.37. The van der Waals surface area contributed by atoms with Gasteiger partial charge in [0.15, 0.2) is 0 Å². The Labute approximate surface area is 184 Å². The van der Waals surface area contributed by atoms with Crippen molar-refractivity contribution < 1.29 is 4.39 Å². The van der Waals surface area contributed by atoms with Gasteiger partial charge in [-0.05, 0) is 66.1 Å². The van der Waals surface area contributed by atoms with E-state index < -0.39 is 0 Å². The number of hydrogen-bond acceptors (Lipinski definition) is 0. The van der Waals surface area contributed by atoms with Crippen molar-refractivity contribution in [1.82, 2.24) is 0 Å². The lowest BCUT2D eigenvalue weighted by Gasteiger charge is -2.07. The monoisotopic (exact) mass is 406 g/mol. The summed E-state index contributed by atoms with van der Waals surface area (Å²) in [6.07, 6.45) is 4.81. The lowest BCUT2D eigenvalue weighted by Crippen LogP contribution is -1.88. The van der Waals surface area contributed by atoms with Crippen LogP contribution in [0.2, 0.25) is 0 Å². The minimum absolute atomic E-state index is 0.253. The average molecular weight is 407 g/mol. The molecule has 0 atom stereocenters. The number of rotatable bonds is 5. The second-order valence-electron chi connectivity index (χ2n) is 8.13. The lowest BCUT2D eigenvalue weighted by molar-refractivity contribution is 0.636. The van der Waals surface area contributed by atoms with Crippen LogP contribution in [0.25, 0.3) is 21.9 Å². The first-order valence-electron chi connectivity index (χ1n) is 11.0. The van der Waals surface area contributed by atoms with Gasteiger partial charge in [-0.25, -0.2) is 4.39 Å². The largest absolute Gasteiger partial charge is 0.205 e. The van der Waals surface area contributed by atoms with Crippen molar-refractivity contribution in [1.29, 1.82) is 0 Å². The molecule has 4 rings (SSSR count). The summed E-state index contributed by atoms with van der Waals surface area (Å²) in [5.41, 5.74) is 6.13. The van der Waals surface area contributed by atoms with Gasteiger partial charge in [0.1, 0.15) is 5.82 Å². The predicted octanol–water partition coefficient (Wildman–Crippen LogP) is 8.09. The van der Waals surface area contributed by atoms with Crippen LogP contribution < -0.4 is 0 Å². The summed E-state index contributed by atoms with van der Waals surface area (Å²) in [7, 11) is 0. The van der Waals surface area contributed by atoms with Gasteiger partial charge in [-0.1, -0.05) is 91.8 Å². The summed E-state index contributed by atoms with van der Waals surface area (Å²) < 4.78 is 15.1. The fraction of sp³-hybridized carbons (Fsp3) is 0.200. The first-order valence-corrected chi connectivity index (χ1v) is 11.0. The molecule has 0 heterocycles. The van der Waals surface area contributed by atoms with Gasteiger partial charge in [0, 0.05) is 10.9 Å². The third kappa shape index (κ3) is 5.04. The van der Waals surface area contributed by atoms with E-state index in [9.17, 15) is 0 Å². The van der Waals surface area contributed by atoms with E-state index in [2.05, 4.69) is 62.1 Å². The maximum atomic E-state index is 15.1. The van der Waals surface area contributed by atoms with E-state index in [0.29, 0.717) is 10.9 Å².